The molecule has 1 saturated heterocycles. The van der Waals surface area contributed by atoms with Crippen molar-refractivity contribution in [2.75, 3.05) is 25.2 Å². The summed E-state index contributed by atoms with van der Waals surface area (Å²) in [5.74, 6) is 0.136. The van der Waals surface area contributed by atoms with Crippen LogP contribution in [0.3, 0.4) is 0 Å². The first-order valence-corrected chi connectivity index (χ1v) is 5.86. The molecule has 2 rings (SSSR count). The van der Waals surface area contributed by atoms with Crippen molar-refractivity contribution in [2.45, 2.75) is 13.0 Å². The van der Waals surface area contributed by atoms with Crippen LogP contribution in [-0.2, 0) is 16.1 Å². The van der Waals surface area contributed by atoms with Gasteiger partial charge in [0.2, 0.25) is 5.91 Å². The van der Waals surface area contributed by atoms with Crippen molar-refractivity contribution < 1.29 is 9.53 Å². The molecule has 2 N–H and O–H groups in total. The zero-order valence-electron chi connectivity index (χ0n) is 10.1. The van der Waals surface area contributed by atoms with E-state index in [0.717, 1.165) is 17.7 Å². The maximum Gasteiger partial charge on any atom is 0.232 e. The lowest BCUT2D eigenvalue weighted by molar-refractivity contribution is -0.122. The van der Waals surface area contributed by atoms with Gasteiger partial charge in [-0.05, 0) is 24.1 Å². The third-order valence-corrected chi connectivity index (χ3v) is 3.17. The van der Waals surface area contributed by atoms with E-state index < -0.39 is 0 Å². The van der Waals surface area contributed by atoms with Crippen molar-refractivity contribution >= 4 is 11.6 Å². The first-order chi connectivity index (χ1) is 8.22. The van der Waals surface area contributed by atoms with E-state index in [1.165, 1.54) is 0 Å². The number of amides is 1. The van der Waals surface area contributed by atoms with Gasteiger partial charge in [-0.3, -0.25) is 4.79 Å². The number of carbonyl (C=O) groups is 1. The highest BCUT2D eigenvalue weighted by Crippen LogP contribution is 2.20. The monoisotopic (exact) mass is 234 g/mol. The summed E-state index contributed by atoms with van der Waals surface area (Å²) in [6, 6.07) is 7.75. The van der Waals surface area contributed by atoms with Gasteiger partial charge in [0, 0.05) is 25.9 Å². The molecule has 4 nitrogen and oxygen atoms in total. The zero-order chi connectivity index (χ0) is 12.3. The summed E-state index contributed by atoms with van der Waals surface area (Å²) >= 11 is 0. The fourth-order valence-corrected chi connectivity index (χ4v) is 1.99. The third-order valence-electron chi connectivity index (χ3n) is 3.17. The second kappa shape index (κ2) is 5.29. The van der Waals surface area contributed by atoms with Crippen molar-refractivity contribution in [3.05, 3.63) is 29.8 Å². The van der Waals surface area contributed by atoms with Crippen LogP contribution in [-0.4, -0.2) is 26.2 Å². The predicted molar refractivity (Wildman–Crippen MR) is 66.7 cm³/mol. The smallest absolute Gasteiger partial charge is 0.232 e. The maximum absolute atomic E-state index is 12.1. The summed E-state index contributed by atoms with van der Waals surface area (Å²) in [5.41, 5.74) is 7.51. The van der Waals surface area contributed by atoms with Gasteiger partial charge in [0.05, 0.1) is 12.5 Å². The van der Waals surface area contributed by atoms with Gasteiger partial charge in [-0.1, -0.05) is 12.1 Å². The Bertz CT molecular complexity index is 383. The minimum atomic E-state index is 0.00850. The van der Waals surface area contributed by atoms with E-state index in [1.54, 1.807) is 11.9 Å². The van der Waals surface area contributed by atoms with E-state index in [0.29, 0.717) is 19.8 Å². The Morgan fingerprint density at radius 1 is 1.47 bits per heavy atom. The molecule has 0 radical (unpaired) electrons. The number of hydrogen-bond acceptors (Lipinski definition) is 3. The molecule has 0 aromatic heterocycles. The maximum atomic E-state index is 12.1. The molecule has 1 aromatic carbocycles. The molecule has 0 spiro atoms. The lowest BCUT2D eigenvalue weighted by atomic mass is 10.1. The molecule has 0 saturated carbocycles. The molecule has 92 valence electrons. The van der Waals surface area contributed by atoms with Crippen LogP contribution in [0.25, 0.3) is 0 Å². The van der Waals surface area contributed by atoms with Gasteiger partial charge in [-0.15, -0.1) is 0 Å². The van der Waals surface area contributed by atoms with Crippen LogP contribution in [0.1, 0.15) is 12.0 Å². The summed E-state index contributed by atoms with van der Waals surface area (Å²) in [6.07, 6.45) is 0.823. The van der Waals surface area contributed by atoms with Crippen LogP contribution in [0, 0.1) is 5.92 Å². The van der Waals surface area contributed by atoms with Crippen LogP contribution >= 0.6 is 0 Å². The van der Waals surface area contributed by atoms with Crippen LogP contribution in [0.4, 0.5) is 5.69 Å². The second-order valence-electron chi connectivity index (χ2n) is 4.33. The zero-order valence-corrected chi connectivity index (χ0v) is 10.1. The van der Waals surface area contributed by atoms with E-state index in [2.05, 4.69) is 0 Å². The Hall–Kier alpha value is -1.39. The van der Waals surface area contributed by atoms with Crippen molar-refractivity contribution in [1.29, 1.82) is 0 Å². The highest BCUT2D eigenvalue weighted by Gasteiger charge is 2.26. The number of anilines is 1. The molecule has 1 aromatic rings. The van der Waals surface area contributed by atoms with Crippen molar-refractivity contribution in [1.82, 2.24) is 0 Å². The number of carbonyl (C=O) groups excluding carboxylic acids is 1. The van der Waals surface area contributed by atoms with Crippen molar-refractivity contribution in [3.63, 3.8) is 0 Å². The van der Waals surface area contributed by atoms with Gasteiger partial charge in [0.25, 0.3) is 0 Å². The number of ether oxygens (including phenoxy) is 1. The molecule has 1 unspecified atom stereocenters. The van der Waals surface area contributed by atoms with Gasteiger partial charge >= 0.3 is 0 Å². The van der Waals surface area contributed by atoms with E-state index in [4.69, 9.17) is 10.5 Å². The fourth-order valence-electron chi connectivity index (χ4n) is 1.99. The number of nitrogens with zero attached hydrogens (tertiary/aromatic N) is 1. The lowest BCUT2D eigenvalue weighted by Gasteiger charge is -2.20. The highest BCUT2D eigenvalue weighted by molar-refractivity contribution is 5.94. The molecule has 4 heteroatoms. The molecule has 1 atom stereocenters. The Kier molecular flexibility index (Phi) is 3.76. The van der Waals surface area contributed by atoms with E-state index in [9.17, 15) is 4.79 Å². The summed E-state index contributed by atoms with van der Waals surface area (Å²) in [4.78, 5) is 13.8. The normalized spacial score (nSPS) is 19.3. The first-order valence-electron chi connectivity index (χ1n) is 5.86. The van der Waals surface area contributed by atoms with Crippen LogP contribution in [0.5, 0.6) is 0 Å². The van der Waals surface area contributed by atoms with Crippen LogP contribution in [0.2, 0.25) is 0 Å². The quantitative estimate of drug-likeness (QED) is 0.853. The van der Waals surface area contributed by atoms with Gasteiger partial charge in [-0.2, -0.15) is 0 Å². The van der Waals surface area contributed by atoms with Gasteiger partial charge < -0.3 is 15.4 Å². The molecule has 1 amide bonds. The van der Waals surface area contributed by atoms with Crippen LogP contribution in [0.15, 0.2) is 24.3 Å². The topological polar surface area (TPSA) is 55.6 Å². The van der Waals surface area contributed by atoms with E-state index in [-0.39, 0.29) is 11.8 Å². The average Bonchev–Trinajstić information content (AvgIpc) is 2.91. The molecule has 1 fully saturated rings. The van der Waals surface area contributed by atoms with Gasteiger partial charge in [0.1, 0.15) is 0 Å². The highest BCUT2D eigenvalue weighted by atomic mass is 16.5. The molecule has 1 heterocycles. The Balaban J connectivity index is 2.07. The van der Waals surface area contributed by atoms with Gasteiger partial charge in [-0.25, -0.2) is 0 Å². The van der Waals surface area contributed by atoms with E-state index in [1.807, 2.05) is 24.3 Å². The van der Waals surface area contributed by atoms with Gasteiger partial charge in [0.15, 0.2) is 0 Å². The summed E-state index contributed by atoms with van der Waals surface area (Å²) in [6.45, 7) is 1.76. The molecule has 1 aliphatic rings. The number of hydrogen-bond donors (Lipinski definition) is 1. The minimum absolute atomic E-state index is 0.00850. The minimum Gasteiger partial charge on any atom is -0.381 e. The molecule has 17 heavy (non-hydrogen) atoms. The standard InChI is InChI=1S/C13H18N2O2/c1-15(13(16)11-6-7-17-9-11)12-4-2-10(8-14)3-5-12/h2-5,11H,6-9,14H2,1H3. The number of benzene rings is 1. The van der Waals surface area contributed by atoms with E-state index >= 15 is 0 Å². The first kappa shape index (κ1) is 12.1. The molecule has 1 aliphatic heterocycles. The lowest BCUT2D eigenvalue weighted by Crippen LogP contribution is -2.33. The molecular weight excluding hydrogens is 216 g/mol. The summed E-state index contributed by atoms with van der Waals surface area (Å²) in [5, 5.41) is 0. The Morgan fingerprint density at radius 3 is 2.71 bits per heavy atom. The van der Waals surface area contributed by atoms with Crippen molar-refractivity contribution in [3.8, 4) is 0 Å². The second-order valence-corrected chi connectivity index (χ2v) is 4.33. The Morgan fingerprint density at radius 2 is 2.18 bits per heavy atom. The summed E-state index contributed by atoms with van der Waals surface area (Å²) < 4.78 is 5.24. The fraction of sp³-hybridized carbons (Fsp3) is 0.462. The molecular formula is C13H18N2O2. The number of nitrogens with two attached hydrogens (primary N) is 1. The van der Waals surface area contributed by atoms with Crippen LogP contribution < -0.4 is 10.6 Å². The third kappa shape index (κ3) is 2.65. The summed E-state index contributed by atoms with van der Waals surface area (Å²) in [7, 11) is 1.80. The molecule has 0 aliphatic carbocycles. The molecule has 0 bridgehead atoms. The number of rotatable bonds is 3. The van der Waals surface area contributed by atoms with Crippen molar-refractivity contribution in [2.24, 2.45) is 11.7 Å². The Labute approximate surface area is 101 Å². The SMILES string of the molecule is CN(C(=O)C1CCOC1)c1ccc(CN)cc1. The average molecular weight is 234 g/mol. The largest absolute Gasteiger partial charge is 0.381 e. The predicted octanol–water partition coefficient (Wildman–Crippen LogP) is 1.14.